The molecule has 0 aromatic carbocycles. The Morgan fingerprint density at radius 3 is 2.97 bits per heavy atom. The summed E-state index contributed by atoms with van der Waals surface area (Å²) < 4.78 is 0. The number of aliphatic carboxylic acids is 1. The molecule has 154 valence electrons. The predicted molar refractivity (Wildman–Crippen MR) is 105 cm³/mol. The average Bonchev–Trinajstić information content (AvgIpc) is 3.11. The van der Waals surface area contributed by atoms with Crippen LogP contribution < -0.4 is 11.1 Å². The Labute approximate surface area is 172 Å². The van der Waals surface area contributed by atoms with E-state index in [1.807, 2.05) is 0 Å². The van der Waals surface area contributed by atoms with Crippen LogP contribution in [0.25, 0.3) is 0 Å². The first-order valence-corrected chi connectivity index (χ1v) is 9.98. The molecule has 3 rings (SSSR count). The molecule has 2 aliphatic rings. The van der Waals surface area contributed by atoms with Crippen LogP contribution in [0.2, 0.25) is 0 Å². The molecule has 1 saturated heterocycles. The van der Waals surface area contributed by atoms with Gasteiger partial charge in [-0.25, -0.2) is 9.78 Å². The Balaban J connectivity index is 1.57. The van der Waals surface area contributed by atoms with Crippen LogP contribution in [-0.2, 0) is 30.7 Å². The second-order valence-corrected chi connectivity index (χ2v) is 7.67. The number of β-lactam (4-membered cyclic amide) rings is 1. The van der Waals surface area contributed by atoms with E-state index in [1.165, 1.54) is 36.4 Å². The number of carbonyl (C=O) groups excluding carboxylic acids is 2. The lowest BCUT2D eigenvalue weighted by molar-refractivity contribution is -0.150. The monoisotopic (exact) mass is 440 g/mol. The molecule has 2 aliphatic heterocycles. The number of hydrogen-bond acceptors (Lipinski definition) is 11. The van der Waals surface area contributed by atoms with Gasteiger partial charge in [0.15, 0.2) is 11.7 Å². The molecule has 0 radical (unpaired) electrons. The lowest BCUT2D eigenvalue weighted by atomic mass is 10.0. The van der Waals surface area contributed by atoms with Gasteiger partial charge >= 0.3 is 5.97 Å². The van der Waals surface area contributed by atoms with E-state index in [2.05, 4.69) is 25.4 Å². The van der Waals surface area contributed by atoms with E-state index >= 15 is 0 Å². The molecular formula is C15H16N6O6S2. The van der Waals surface area contributed by atoms with Crippen LogP contribution in [0.4, 0.5) is 5.13 Å². The van der Waals surface area contributed by atoms with Crippen molar-refractivity contribution in [2.45, 2.75) is 18.0 Å². The zero-order chi connectivity index (χ0) is 21.0. The number of nitrogens with two attached hydrogens (primary N) is 1. The van der Waals surface area contributed by atoms with E-state index in [1.54, 1.807) is 5.38 Å². The number of amides is 2. The number of nitrogen functional groups attached to an aromatic ring is 1. The van der Waals surface area contributed by atoms with Crippen molar-refractivity contribution in [2.75, 3.05) is 18.6 Å². The van der Waals surface area contributed by atoms with Crippen LogP contribution in [0.5, 0.6) is 0 Å². The smallest absolute Gasteiger partial charge is 0.353 e. The normalized spacial score (nSPS) is 21.3. The summed E-state index contributed by atoms with van der Waals surface area (Å²) in [6, 6.07) is -0.868. The highest BCUT2D eigenvalue weighted by Gasteiger charge is 2.54. The molecule has 1 aromatic heterocycles. The van der Waals surface area contributed by atoms with Gasteiger partial charge < -0.3 is 25.8 Å². The maximum atomic E-state index is 12.4. The standard InChI is InChI=1S/C15H16N6O6S2/c1-26-17-2-7-5-28-13-10(12(23)21(13)11(7)14(24)25)20-9(22)3-18-27-4-8-6-29-15(16)19-8/h2-3,6,10,13H,4-5H2,1H3,(H2,16,19)(H,20,22)(H,24,25)/b17-2+,18-3+. The van der Waals surface area contributed by atoms with Gasteiger partial charge in [0, 0.05) is 16.7 Å². The second kappa shape index (κ2) is 8.91. The first kappa shape index (κ1) is 20.6. The fourth-order valence-corrected chi connectivity index (χ4v) is 4.47. The van der Waals surface area contributed by atoms with Crippen molar-refractivity contribution in [3.8, 4) is 0 Å². The molecule has 14 heteroatoms. The summed E-state index contributed by atoms with van der Waals surface area (Å²) in [4.78, 5) is 50.6. The van der Waals surface area contributed by atoms with Gasteiger partial charge in [-0.05, 0) is 0 Å². The van der Waals surface area contributed by atoms with Crippen molar-refractivity contribution < 1.29 is 29.2 Å². The van der Waals surface area contributed by atoms with Gasteiger partial charge in [-0.2, -0.15) is 0 Å². The van der Waals surface area contributed by atoms with E-state index in [0.29, 0.717) is 22.2 Å². The number of oxime groups is 2. The van der Waals surface area contributed by atoms with Crippen molar-refractivity contribution in [3.05, 3.63) is 22.3 Å². The predicted octanol–water partition coefficient (Wildman–Crippen LogP) is -0.401. The Morgan fingerprint density at radius 1 is 1.52 bits per heavy atom. The quantitative estimate of drug-likeness (QED) is 0.276. The molecule has 2 unspecified atom stereocenters. The summed E-state index contributed by atoms with van der Waals surface area (Å²) in [6.07, 6.45) is 2.15. The minimum Gasteiger partial charge on any atom is -0.477 e. The number of nitrogens with zero attached hydrogens (tertiary/aromatic N) is 4. The number of fused-ring (bicyclic) bond motifs is 1. The highest BCUT2D eigenvalue weighted by Crippen LogP contribution is 2.39. The number of rotatable bonds is 8. The minimum absolute atomic E-state index is 0.0463. The number of aromatic nitrogens is 1. The summed E-state index contributed by atoms with van der Waals surface area (Å²) in [7, 11) is 1.33. The maximum Gasteiger partial charge on any atom is 0.353 e. The van der Waals surface area contributed by atoms with E-state index in [0.717, 1.165) is 11.1 Å². The third-order valence-electron chi connectivity index (χ3n) is 3.84. The number of anilines is 1. The van der Waals surface area contributed by atoms with E-state index in [9.17, 15) is 19.5 Å². The third-order valence-corrected chi connectivity index (χ3v) is 5.86. The van der Waals surface area contributed by atoms with Gasteiger partial charge in [0.05, 0.1) is 11.9 Å². The number of nitrogens with one attached hydrogen (secondary N) is 1. The number of carboxylic acids is 1. The lowest BCUT2D eigenvalue weighted by Crippen LogP contribution is -2.70. The average molecular weight is 440 g/mol. The highest BCUT2D eigenvalue weighted by atomic mass is 32.2. The Hall–Kier alpha value is -3.13. The van der Waals surface area contributed by atoms with Gasteiger partial charge in [-0.3, -0.25) is 14.5 Å². The Bertz CT molecular complexity index is 913. The molecule has 29 heavy (non-hydrogen) atoms. The largest absolute Gasteiger partial charge is 0.477 e. The molecule has 2 amide bonds. The molecule has 0 saturated carbocycles. The minimum atomic E-state index is -1.26. The van der Waals surface area contributed by atoms with E-state index in [4.69, 9.17) is 10.6 Å². The van der Waals surface area contributed by atoms with Crippen LogP contribution in [0.1, 0.15) is 5.69 Å². The number of hydrogen-bond donors (Lipinski definition) is 3. The van der Waals surface area contributed by atoms with Gasteiger partial charge in [0.1, 0.15) is 30.4 Å². The zero-order valence-electron chi connectivity index (χ0n) is 15.0. The zero-order valence-corrected chi connectivity index (χ0v) is 16.6. The summed E-state index contributed by atoms with van der Waals surface area (Å²) in [5.41, 5.74) is 6.24. The first-order chi connectivity index (χ1) is 13.9. The fraction of sp³-hybridized carbons (Fsp3) is 0.333. The van der Waals surface area contributed by atoms with Crippen LogP contribution in [0.15, 0.2) is 27.0 Å². The van der Waals surface area contributed by atoms with Crippen LogP contribution in [0, 0.1) is 0 Å². The van der Waals surface area contributed by atoms with Gasteiger partial charge in [0.25, 0.3) is 11.8 Å². The first-order valence-electron chi connectivity index (χ1n) is 8.05. The highest BCUT2D eigenvalue weighted by molar-refractivity contribution is 8.00. The van der Waals surface area contributed by atoms with Crippen molar-refractivity contribution in [1.82, 2.24) is 15.2 Å². The van der Waals surface area contributed by atoms with E-state index in [-0.39, 0.29) is 12.3 Å². The van der Waals surface area contributed by atoms with Gasteiger partial charge in [0.2, 0.25) is 0 Å². The topological polar surface area (TPSA) is 169 Å². The third kappa shape index (κ3) is 4.48. The SMILES string of the molecule is CO/N=C/C1=C(C(=O)O)N2C(=O)C(NC(=O)/C=N/OCc3csc(N)n3)C2SC1. The number of thiazole rings is 1. The molecule has 4 N–H and O–H groups in total. The van der Waals surface area contributed by atoms with Crippen LogP contribution in [-0.4, -0.2) is 69.5 Å². The number of carbonyl (C=O) groups is 3. The summed E-state index contributed by atoms with van der Waals surface area (Å²) in [5.74, 6) is -2.15. The molecule has 3 heterocycles. The summed E-state index contributed by atoms with van der Waals surface area (Å²) in [6.45, 7) is 0.0463. The Kier molecular flexibility index (Phi) is 6.33. The molecular weight excluding hydrogens is 424 g/mol. The second-order valence-electron chi connectivity index (χ2n) is 5.68. The summed E-state index contributed by atoms with van der Waals surface area (Å²) in [5, 5.41) is 20.6. The molecule has 1 fully saturated rings. The van der Waals surface area contributed by atoms with Crippen LogP contribution >= 0.6 is 23.1 Å². The maximum absolute atomic E-state index is 12.4. The summed E-state index contributed by atoms with van der Waals surface area (Å²) >= 11 is 2.56. The van der Waals surface area contributed by atoms with Gasteiger partial charge in [-0.1, -0.05) is 10.3 Å². The molecule has 0 bridgehead atoms. The molecule has 0 aliphatic carbocycles. The number of thioether (sulfide) groups is 1. The van der Waals surface area contributed by atoms with Crippen molar-refractivity contribution in [1.29, 1.82) is 0 Å². The van der Waals surface area contributed by atoms with Crippen molar-refractivity contribution in [3.63, 3.8) is 0 Å². The van der Waals surface area contributed by atoms with E-state index < -0.39 is 29.2 Å². The van der Waals surface area contributed by atoms with Crippen molar-refractivity contribution >= 4 is 58.4 Å². The molecule has 0 spiro atoms. The Morgan fingerprint density at radius 2 is 2.31 bits per heavy atom. The molecule has 2 atom stereocenters. The molecule has 12 nitrogen and oxygen atoms in total. The lowest BCUT2D eigenvalue weighted by Gasteiger charge is -2.48. The van der Waals surface area contributed by atoms with Gasteiger partial charge in [-0.15, -0.1) is 23.1 Å². The van der Waals surface area contributed by atoms with Crippen LogP contribution in [0.3, 0.4) is 0 Å². The number of carboxylic acid groups (broad SMARTS) is 1. The van der Waals surface area contributed by atoms with Crippen molar-refractivity contribution in [2.24, 2.45) is 10.3 Å². The molecule has 1 aromatic rings. The fourth-order valence-electron chi connectivity index (χ4n) is 2.63.